The molecule has 1 aromatic rings. The predicted octanol–water partition coefficient (Wildman–Crippen LogP) is 3.96. The quantitative estimate of drug-likeness (QED) is 0.661. The molecule has 1 aliphatic rings. The Bertz CT molecular complexity index is 546. The molecule has 2 rings (SSSR count). The second-order valence-corrected chi connectivity index (χ2v) is 7.09. The molecule has 4 heteroatoms. The Kier molecular flexibility index (Phi) is 4.89. The molecule has 0 radical (unpaired) electrons. The van der Waals surface area contributed by atoms with Crippen molar-refractivity contribution in [1.82, 2.24) is 0 Å². The van der Waals surface area contributed by atoms with Gasteiger partial charge in [-0.1, -0.05) is 41.4 Å². The van der Waals surface area contributed by atoms with Crippen LogP contribution in [-0.4, -0.2) is 23.8 Å². The van der Waals surface area contributed by atoms with Gasteiger partial charge in [0.2, 0.25) is 0 Å². The summed E-state index contributed by atoms with van der Waals surface area (Å²) in [4.78, 5) is 12.1. The van der Waals surface area contributed by atoms with Crippen molar-refractivity contribution in [3.05, 3.63) is 46.0 Å². The Morgan fingerprint density at radius 3 is 2.62 bits per heavy atom. The summed E-state index contributed by atoms with van der Waals surface area (Å²) in [6, 6.07) is 7.10. The smallest absolute Gasteiger partial charge is 0.338 e. The molecule has 114 valence electrons. The van der Waals surface area contributed by atoms with Gasteiger partial charge in [-0.3, -0.25) is 0 Å². The molecular weight excluding hydrogens is 332 g/mol. The van der Waals surface area contributed by atoms with Crippen LogP contribution in [0.3, 0.4) is 0 Å². The van der Waals surface area contributed by atoms with Gasteiger partial charge in [0.05, 0.1) is 18.3 Å². The van der Waals surface area contributed by atoms with Gasteiger partial charge in [-0.25, -0.2) is 4.79 Å². The second kappa shape index (κ2) is 6.32. The van der Waals surface area contributed by atoms with Gasteiger partial charge in [-0.2, -0.15) is 0 Å². The molecule has 0 aromatic heterocycles. The highest BCUT2D eigenvalue weighted by molar-refractivity contribution is 9.10. The Balaban J connectivity index is 2.04. The molecule has 0 saturated heterocycles. The number of aliphatic hydroxyl groups excluding tert-OH is 1. The molecule has 0 bridgehead atoms. The van der Waals surface area contributed by atoms with Crippen LogP contribution in [0, 0.1) is 11.3 Å². The molecule has 0 spiro atoms. The van der Waals surface area contributed by atoms with Crippen LogP contribution in [0.25, 0.3) is 0 Å². The minimum Gasteiger partial charge on any atom is -0.461 e. The molecule has 1 N–H and O–H groups in total. The summed E-state index contributed by atoms with van der Waals surface area (Å²) >= 11 is 3.34. The Morgan fingerprint density at radius 2 is 2.00 bits per heavy atom. The Labute approximate surface area is 134 Å². The molecule has 3 nitrogen and oxygen atoms in total. The molecule has 1 aliphatic carbocycles. The fourth-order valence-corrected chi connectivity index (χ4v) is 3.00. The Morgan fingerprint density at radius 1 is 1.38 bits per heavy atom. The highest BCUT2D eigenvalue weighted by Gasteiger charge is 2.40. The zero-order chi connectivity index (χ0) is 15.6. The van der Waals surface area contributed by atoms with Crippen LogP contribution < -0.4 is 0 Å². The van der Waals surface area contributed by atoms with Crippen molar-refractivity contribution in [3.8, 4) is 0 Å². The van der Waals surface area contributed by atoms with Crippen LogP contribution in [0.1, 0.15) is 37.6 Å². The standard InChI is InChI=1S/C17H21BrO3/c1-11-4-9-15(19)17(2,3)14(11)10-21-16(20)12-5-7-13(18)8-6-12/h4-8,14-15,19H,9-10H2,1-3H3/t14-,15+/m1/s1. The maximum absolute atomic E-state index is 12.1. The van der Waals surface area contributed by atoms with E-state index in [4.69, 9.17) is 4.74 Å². The Hall–Kier alpha value is -1.13. The molecule has 0 saturated carbocycles. The van der Waals surface area contributed by atoms with E-state index in [9.17, 15) is 9.90 Å². The van der Waals surface area contributed by atoms with Crippen molar-refractivity contribution in [2.45, 2.75) is 33.3 Å². The van der Waals surface area contributed by atoms with Crippen molar-refractivity contribution in [1.29, 1.82) is 0 Å². The molecule has 0 heterocycles. The molecule has 0 fully saturated rings. The lowest BCUT2D eigenvalue weighted by Crippen LogP contribution is -2.42. The molecule has 1 aromatic carbocycles. The van der Waals surface area contributed by atoms with Crippen molar-refractivity contribution >= 4 is 21.9 Å². The summed E-state index contributed by atoms with van der Waals surface area (Å²) in [6.45, 7) is 6.37. The van der Waals surface area contributed by atoms with Gasteiger partial charge in [0.25, 0.3) is 0 Å². The number of hydrogen-bond donors (Lipinski definition) is 1. The third kappa shape index (κ3) is 3.55. The first-order valence-electron chi connectivity index (χ1n) is 7.09. The number of carbonyl (C=O) groups excluding carboxylic acids is 1. The minimum absolute atomic E-state index is 0.0423. The number of benzene rings is 1. The van der Waals surface area contributed by atoms with E-state index in [1.165, 1.54) is 5.57 Å². The topological polar surface area (TPSA) is 46.5 Å². The number of ether oxygens (including phenoxy) is 1. The number of rotatable bonds is 3. The van der Waals surface area contributed by atoms with Gasteiger partial charge < -0.3 is 9.84 Å². The third-order valence-electron chi connectivity index (χ3n) is 4.43. The monoisotopic (exact) mass is 352 g/mol. The van der Waals surface area contributed by atoms with Gasteiger partial charge in [-0.15, -0.1) is 0 Å². The number of aliphatic hydroxyl groups is 1. The minimum atomic E-state index is -0.405. The second-order valence-electron chi connectivity index (χ2n) is 6.18. The first-order valence-corrected chi connectivity index (χ1v) is 7.89. The molecule has 2 atom stereocenters. The lowest BCUT2D eigenvalue weighted by atomic mass is 9.67. The largest absolute Gasteiger partial charge is 0.461 e. The maximum Gasteiger partial charge on any atom is 0.338 e. The van der Waals surface area contributed by atoms with Crippen molar-refractivity contribution in [2.24, 2.45) is 11.3 Å². The van der Waals surface area contributed by atoms with E-state index >= 15 is 0 Å². The van der Waals surface area contributed by atoms with Crippen LogP contribution in [0.2, 0.25) is 0 Å². The summed E-state index contributed by atoms with van der Waals surface area (Å²) in [6.07, 6.45) is 2.29. The van der Waals surface area contributed by atoms with E-state index in [-0.39, 0.29) is 17.3 Å². The van der Waals surface area contributed by atoms with Crippen LogP contribution in [0.15, 0.2) is 40.4 Å². The summed E-state index contributed by atoms with van der Waals surface area (Å²) in [5.74, 6) is -0.285. The van der Waals surface area contributed by atoms with Crippen molar-refractivity contribution in [3.63, 3.8) is 0 Å². The van der Waals surface area contributed by atoms with Gasteiger partial charge in [0.15, 0.2) is 0 Å². The number of esters is 1. The van der Waals surface area contributed by atoms with Crippen LogP contribution >= 0.6 is 15.9 Å². The van der Waals surface area contributed by atoms with E-state index in [1.807, 2.05) is 39.0 Å². The fraction of sp³-hybridized carbons (Fsp3) is 0.471. The van der Waals surface area contributed by atoms with Gasteiger partial charge in [-0.05, 0) is 37.6 Å². The summed E-state index contributed by atoms with van der Waals surface area (Å²) in [5.41, 5.74) is 1.42. The molecule has 21 heavy (non-hydrogen) atoms. The first kappa shape index (κ1) is 16.2. The lowest BCUT2D eigenvalue weighted by molar-refractivity contribution is -0.0171. The van der Waals surface area contributed by atoms with E-state index in [0.29, 0.717) is 18.6 Å². The van der Waals surface area contributed by atoms with Gasteiger partial charge in [0.1, 0.15) is 0 Å². The third-order valence-corrected chi connectivity index (χ3v) is 4.96. The van der Waals surface area contributed by atoms with E-state index in [0.717, 1.165) is 4.47 Å². The SMILES string of the molecule is CC1=CC[C@H](O)C(C)(C)[C@@H]1COC(=O)c1ccc(Br)cc1. The van der Waals surface area contributed by atoms with Gasteiger partial charge >= 0.3 is 5.97 Å². The molecule has 0 aliphatic heterocycles. The summed E-state index contributed by atoms with van der Waals surface area (Å²) in [7, 11) is 0. The summed E-state index contributed by atoms with van der Waals surface area (Å²) < 4.78 is 6.38. The molecular formula is C17H21BrO3. The highest BCUT2D eigenvalue weighted by Crippen LogP contribution is 2.41. The van der Waals surface area contributed by atoms with E-state index < -0.39 is 6.10 Å². The average molecular weight is 353 g/mol. The molecule has 0 amide bonds. The van der Waals surface area contributed by atoms with Crippen molar-refractivity contribution < 1.29 is 14.6 Å². The number of hydrogen-bond acceptors (Lipinski definition) is 3. The lowest BCUT2D eigenvalue weighted by Gasteiger charge is -2.41. The van der Waals surface area contributed by atoms with E-state index in [1.54, 1.807) is 12.1 Å². The maximum atomic E-state index is 12.1. The summed E-state index contributed by atoms with van der Waals surface area (Å²) in [5, 5.41) is 10.1. The van der Waals surface area contributed by atoms with Crippen LogP contribution in [-0.2, 0) is 4.74 Å². The zero-order valence-electron chi connectivity index (χ0n) is 12.6. The fourth-order valence-electron chi connectivity index (χ4n) is 2.74. The predicted molar refractivity (Wildman–Crippen MR) is 86.1 cm³/mol. The van der Waals surface area contributed by atoms with Crippen molar-refractivity contribution in [2.75, 3.05) is 6.61 Å². The number of halogens is 1. The van der Waals surface area contributed by atoms with Crippen LogP contribution in [0.4, 0.5) is 0 Å². The highest BCUT2D eigenvalue weighted by atomic mass is 79.9. The average Bonchev–Trinajstić information content (AvgIpc) is 2.43. The van der Waals surface area contributed by atoms with Crippen LogP contribution in [0.5, 0.6) is 0 Å². The van der Waals surface area contributed by atoms with Gasteiger partial charge in [0, 0.05) is 15.8 Å². The zero-order valence-corrected chi connectivity index (χ0v) is 14.2. The molecule has 0 unspecified atom stereocenters. The van der Waals surface area contributed by atoms with E-state index in [2.05, 4.69) is 15.9 Å². The number of carbonyl (C=O) groups is 1. The normalized spacial score (nSPS) is 24.3. The first-order chi connectivity index (χ1) is 9.82.